The van der Waals surface area contributed by atoms with Gasteiger partial charge in [-0.05, 0) is 25.1 Å². The summed E-state index contributed by atoms with van der Waals surface area (Å²) in [4.78, 5) is 19.5. The van der Waals surface area contributed by atoms with Crippen molar-refractivity contribution in [3.63, 3.8) is 0 Å². The highest BCUT2D eigenvalue weighted by molar-refractivity contribution is 6.16. The smallest absolute Gasteiger partial charge is 0.254 e. The van der Waals surface area contributed by atoms with E-state index in [-0.39, 0.29) is 11.9 Å². The number of likely N-dealkylation sites (N-methyl/N-ethyl adjacent to an activating group) is 1. The van der Waals surface area contributed by atoms with E-state index in [4.69, 9.17) is 9.41 Å². The summed E-state index contributed by atoms with van der Waals surface area (Å²) in [6.07, 6.45) is 2.96. The Morgan fingerprint density at radius 2 is 2.04 bits per heavy atom. The van der Waals surface area contributed by atoms with Crippen molar-refractivity contribution < 1.29 is 9.21 Å². The van der Waals surface area contributed by atoms with Crippen LogP contribution >= 0.6 is 0 Å². The van der Waals surface area contributed by atoms with E-state index in [1.54, 1.807) is 6.07 Å². The molecule has 0 saturated carbocycles. The lowest BCUT2D eigenvalue weighted by molar-refractivity contribution is 0.0951. The number of benzodiazepines with no additional fused rings is 1. The Bertz CT molecular complexity index is 994. The summed E-state index contributed by atoms with van der Waals surface area (Å²) in [5.41, 5.74) is 6.06. The summed E-state index contributed by atoms with van der Waals surface area (Å²) >= 11 is 0. The molecule has 0 aliphatic carbocycles. The summed E-state index contributed by atoms with van der Waals surface area (Å²) in [6.45, 7) is 3.19. The molecule has 142 valence electrons. The first kappa shape index (κ1) is 18.0. The fourth-order valence-electron chi connectivity index (χ4n) is 3.50. The van der Waals surface area contributed by atoms with Crippen molar-refractivity contribution in [1.82, 2.24) is 5.32 Å². The maximum Gasteiger partial charge on any atom is 0.254 e. The normalized spacial score (nSPS) is 16.1. The third kappa shape index (κ3) is 3.56. The van der Waals surface area contributed by atoms with Gasteiger partial charge < -0.3 is 14.6 Å². The highest BCUT2D eigenvalue weighted by Gasteiger charge is 2.25. The van der Waals surface area contributed by atoms with Crippen molar-refractivity contribution in [3.8, 4) is 0 Å². The molecule has 5 nitrogen and oxygen atoms in total. The molecular weight excluding hydrogens is 350 g/mol. The summed E-state index contributed by atoms with van der Waals surface area (Å²) < 4.78 is 5.00. The molecule has 5 heteroatoms. The lowest BCUT2D eigenvalue weighted by Crippen LogP contribution is -2.43. The first-order valence-electron chi connectivity index (χ1n) is 9.37. The van der Waals surface area contributed by atoms with Gasteiger partial charge in [0.1, 0.15) is 6.26 Å². The second-order valence-corrected chi connectivity index (χ2v) is 7.06. The largest absolute Gasteiger partial charge is 0.472 e. The number of anilines is 1. The molecule has 1 amide bonds. The number of carbonyl (C=O) groups is 1. The molecule has 1 atom stereocenters. The van der Waals surface area contributed by atoms with Gasteiger partial charge in [-0.15, -0.1) is 0 Å². The number of aryl methyl sites for hydroxylation is 1. The SMILES string of the molecule is Cc1ccc2c(c1)C(c1ccccc1)=NC[C@H](CNC(=O)c1ccoc1)N2C. The number of nitrogens with zero attached hydrogens (tertiary/aromatic N) is 2. The lowest BCUT2D eigenvalue weighted by Gasteiger charge is -2.29. The molecule has 1 N–H and O–H groups in total. The van der Waals surface area contributed by atoms with Gasteiger partial charge in [-0.1, -0.05) is 42.0 Å². The van der Waals surface area contributed by atoms with Gasteiger partial charge in [0.05, 0.1) is 30.1 Å². The number of furan rings is 1. The van der Waals surface area contributed by atoms with E-state index in [2.05, 4.69) is 54.5 Å². The fraction of sp³-hybridized carbons (Fsp3) is 0.217. The molecule has 0 saturated heterocycles. The van der Waals surface area contributed by atoms with Crippen LogP contribution in [0.25, 0.3) is 0 Å². The number of amides is 1. The summed E-state index contributed by atoms with van der Waals surface area (Å²) in [7, 11) is 2.06. The predicted molar refractivity (Wildman–Crippen MR) is 111 cm³/mol. The Kier molecular flexibility index (Phi) is 4.98. The molecule has 2 aromatic carbocycles. The molecule has 0 fully saturated rings. The van der Waals surface area contributed by atoms with E-state index >= 15 is 0 Å². The zero-order chi connectivity index (χ0) is 19.5. The Morgan fingerprint density at radius 1 is 1.21 bits per heavy atom. The van der Waals surface area contributed by atoms with Crippen LogP contribution in [0, 0.1) is 6.92 Å². The molecule has 0 spiro atoms. The molecule has 2 heterocycles. The molecule has 1 aliphatic rings. The van der Waals surface area contributed by atoms with Crippen molar-refractivity contribution in [2.45, 2.75) is 13.0 Å². The quantitative estimate of drug-likeness (QED) is 0.759. The van der Waals surface area contributed by atoms with Crippen molar-refractivity contribution in [1.29, 1.82) is 0 Å². The van der Waals surface area contributed by atoms with Crippen molar-refractivity contribution in [3.05, 3.63) is 89.4 Å². The molecular formula is C23H23N3O2. The van der Waals surface area contributed by atoms with E-state index in [9.17, 15) is 4.79 Å². The Labute approximate surface area is 164 Å². The molecule has 28 heavy (non-hydrogen) atoms. The number of hydrogen-bond acceptors (Lipinski definition) is 4. The van der Waals surface area contributed by atoms with Crippen LogP contribution in [0.2, 0.25) is 0 Å². The van der Waals surface area contributed by atoms with Crippen LogP contribution in [-0.4, -0.2) is 37.8 Å². The van der Waals surface area contributed by atoms with Gasteiger partial charge in [0.15, 0.2) is 0 Å². The Hall–Kier alpha value is -3.34. The molecule has 0 radical (unpaired) electrons. The first-order chi connectivity index (χ1) is 13.6. The van der Waals surface area contributed by atoms with E-state index in [1.807, 2.05) is 18.2 Å². The van der Waals surface area contributed by atoms with Gasteiger partial charge >= 0.3 is 0 Å². The summed E-state index contributed by atoms with van der Waals surface area (Å²) in [5, 5.41) is 3.00. The number of rotatable bonds is 4. The first-order valence-corrected chi connectivity index (χ1v) is 9.37. The Morgan fingerprint density at radius 3 is 2.79 bits per heavy atom. The second-order valence-electron chi connectivity index (χ2n) is 7.06. The third-order valence-corrected chi connectivity index (χ3v) is 5.12. The van der Waals surface area contributed by atoms with E-state index in [0.717, 1.165) is 22.5 Å². The minimum absolute atomic E-state index is 0.0542. The molecule has 1 aliphatic heterocycles. The number of carbonyl (C=O) groups excluding carboxylic acids is 1. The molecule has 0 unspecified atom stereocenters. The number of aliphatic imine (C=N–C) groups is 1. The fourth-order valence-corrected chi connectivity index (χ4v) is 3.50. The average Bonchev–Trinajstić information content (AvgIpc) is 3.21. The van der Waals surface area contributed by atoms with Crippen LogP contribution in [0.5, 0.6) is 0 Å². The van der Waals surface area contributed by atoms with Gasteiger partial charge in [-0.2, -0.15) is 0 Å². The number of hydrogen-bond donors (Lipinski definition) is 1. The number of benzene rings is 2. The average molecular weight is 373 g/mol. The maximum absolute atomic E-state index is 12.3. The monoisotopic (exact) mass is 373 g/mol. The zero-order valence-electron chi connectivity index (χ0n) is 16.1. The van der Waals surface area contributed by atoms with E-state index < -0.39 is 0 Å². The topological polar surface area (TPSA) is 57.8 Å². The maximum atomic E-state index is 12.3. The predicted octanol–water partition coefficient (Wildman–Crippen LogP) is 3.67. The lowest BCUT2D eigenvalue weighted by atomic mass is 9.98. The van der Waals surface area contributed by atoms with Gasteiger partial charge in [0.25, 0.3) is 5.91 Å². The molecule has 4 rings (SSSR count). The van der Waals surface area contributed by atoms with Crippen LogP contribution in [0.1, 0.15) is 27.0 Å². The van der Waals surface area contributed by atoms with Gasteiger partial charge in [-0.3, -0.25) is 9.79 Å². The summed E-state index contributed by atoms with van der Waals surface area (Å²) in [5.74, 6) is -0.136. The van der Waals surface area contributed by atoms with E-state index in [0.29, 0.717) is 18.7 Å². The van der Waals surface area contributed by atoms with Crippen LogP contribution in [0.15, 0.2) is 76.5 Å². The van der Waals surface area contributed by atoms with Crippen molar-refractivity contribution in [2.24, 2.45) is 4.99 Å². The van der Waals surface area contributed by atoms with Gasteiger partial charge in [-0.25, -0.2) is 0 Å². The summed E-state index contributed by atoms with van der Waals surface area (Å²) in [6, 6.07) is 18.4. The van der Waals surface area contributed by atoms with Gasteiger partial charge in [0, 0.05) is 30.4 Å². The highest BCUT2D eigenvalue weighted by atomic mass is 16.3. The molecule has 0 bridgehead atoms. The Balaban J connectivity index is 1.64. The van der Waals surface area contributed by atoms with Crippen molar-refractivity contribution >= 4 is 17.3 Å². The highest BCUT2D eigenvalue weighted by Crippen LogP contribution is 2.28. The number of fused-ring (bicyclic) bond motifs is 1. The van der Waals surface area contributed by atoms with Crippen LogP contribution in [0.4, 0.5) is 5.69 Å². The molecule has 1 aromatic heterocycles. The minimum Gasteiger partial charge on any atom is -0.472 e. The van der Waals surface area contributed by atoms with Crippen LogP contribution in [0.3, 0.4) is 0 Å². The number of nitrogens with one attached hydrogen (secondary N) is 1. The van der Waals surface area contributed by atoms with Crippen molar-refractivity contribution in [2.75, 3.05) is 25.0 Å². The van der Waals surface area contributed by atoms with Gasteiger partial charge in [0.2, 0.25) is 0 Å². The third-order valence-electron chi connectivity index (χ3n) is 5.12. The van der Waals surface area contributed by atoms with E-state index in [1.165, 1.54) is 18.1 Å². The van der Waals surface area contributed by atoms with Crippen LogP contribution < -0.4 is 10.2 Å². The zero-order valence-corrected chi connectivity index (χ0v) is 16.1. The minimum atomic E-state index is -0.136. The molecule has 3 aromatic rings. The van der Waals surface area contributed by atoms with Crippen LogP contribution in [-0.2, 0) is 0 Å². The standard InChI is InChI=1S/C23H23N3O2/c1-16-8-9-21-20(12-16)22(17-6-4-3-5-7-17)24-13-19(26(21)2)14-25-23(27)18-10-11-28-15-18/h3-12,15,19H,13-14H2,1-2H3,(H,25,27)/t19-/m1/s1. The second kappa shape index (κ2) is 7.72.